The van der Waals surface area contributed by atoms with Crippen LogP contribution in [-0.2, 0) is 12.0 Å². The maximum absolute atomic E-state index is 13.3. The van der Waals surface area contributed by atoms with Gasteiger partial charge in [-0.2, -0.15) is 18.2 Å². The first kappa shape index (κ1) is 22.5. The summed E-state index contributed by atoms with van der Waals surface area (Å²) in [6, 6.07) is 16.8. The summed E-state index contributed by atoms with van der Waals surface area (Å²) in [5.41, 5.74) is 1.21. The van der Waals surface area contributed by atoms with E-state index in [0.29, 0.717) is 17.7 Å². The predicted molar refractivity (Wildman–Crippen MR) is 119 cm³/mol. The molecule has 0 atom stereocenters. The Morgan fingerprint density at radius 3 is 2.18 bits per heavy atom. The molecule has 8 heteroatoms. The van der Waals surface area contributed by atoms with Crippen LogP contribution in [0.3, 0.4) is 0 Å². The Bertz CT molecular complexity index is 1320. The molecule has 0 bridgehead atoms. The van der Waals surface area contributed by atoms with Crippen molar-refractivity contribution in [1.82, 2.24) is 14.7 Å². The minimum Gasteiger partial charge on any atom is -0.334 e. The number of nitrogens with zero attached hydrogens (tertiary/aromatic N) is 3. The van der Waals surface area contributed by atoms with Gasteiger partial charge in [0.25, 0.3) is 11.4 Å². The summed E-state index contributed by atoms with van der Waals surface area (Å²) < 4.78 is 46.8. The van der Waals surface area contributed by atoms with E-state index >= 15 is 0 Å². The van der Waals surface area contributed by atoms with Gasteiger partial charge in [0.2, 0.25) is 5.82 Å². The van der Waals surface area contributed by atoms with E-state index < -0.39 is 11.6 Å². The van der Waals surface area contributed by atoms with E-state index in [1.165, 1.54) is 30.3 Å². The first-order valence-electron chi connectivity index (χ1n) is 10.3. The third-order valence-electron chi connectivity index (χ3n) is 5.70. The van der Waals surface area contributed by atoms with Gasteiger partial charge in [0.15, 0.2) is 0 Å². The van der Waals surface area contributed by atoms with Crippen LogP contribution in [0.5, 0.6) is 0 Å². The SMILES string of the molecule is Cc1ccc(Cn2cc(-c3nc(-c4ccc(C(C)(C)C(F)(F)F)cc4)no3)ccc2=O)cc1. The smallest absolute Gasteiger partial charge is 0.334 e. The van der Waals surface area contributed by atoms with Gasteiger partial charge in [0.05, 0.1) is 17.5 Å². The van der Waals surface area contributed by atoms with Gasteiger partial charge in [-0.05, 0) is 38.0 Å². The molecule has 170 valence electrons. The van der Waals surface area contributed by atoms with Crippen molar-refractivity contribution in [2.75, 3.05) is 0 Å². The van der Waals surface area contributed by atoms with Crippen molar-refractivity contribution in [3.05, 3.63) is 93.9 Å². The monoisotopic (exact) mass is 453 g/mol. The summed E-state index contributed by atoms with van der Waals surface area (Å²) in [4.78, 5) is 16.7. The summed E-state index contributed by atoms with van der Waals surface area (Å²) >= 11 is 0. The summed E-state index contributed by atoms with van der Waals surface area (Å²) in [5.74, 6) is 0.458. The van der Waals surface area contributed by atoms with E-state index in [2.05, 4.69) is 10.1 Å². The van der Waals surface area contributed by atoms with Crippen molar-refractivity contribution < 1.29 is 17.7 Å². The minimum absolute atomic E-state index is 0.144. The largest absolute Gasteiger partial charge is 0.397 e. The molecular formula is C25H22F3N3O2. The number of halogens is 3. The van der Waals surface area contributed by atoms with E-state index in [9.17, 15) is 18.0 Å². The number of pyridine rings is 1. The van der Waals surface area contributed by atoms with Crippen LogP contribution in [0.15, 0.2) is 76.2 Å². The highest BCUT2D eigenvalue weighted by Crippen LogP contribution is 2.40. The molecule has 0 saturated heterocycles. The molecule has 0 unspecified atom stereocenters. The fourth-order valence-corrected chi connectivity index (χ4v) is 3.33. The minimum atomic E-state index is -4.37. The third-order valence-corrected chi connectivity index (χ3v) is 5.70. The van der Waals surface area contributed by atoms with Gasteiger partial charge < -0.3 is 9.09 Å². The molecule has 33 heavy (non-hydrogen) atoms. The highest BCUT2D eigenvalue weighted by molar-refractivity contribution is 5.59. The Hall–Kier alpha value is -3.68. The Labute approximate surface area is 188 Å². The van der Waals surface area contributed by atoms with Gasteiger partial charge in [0.1, 0.15) is 0 Å². The maximum atomic E-state index is 13.3. The van der Waals surface area contributed by atoms with E-state index in [4.69, 9.17) is 4.52 Å². The molecule has 5 nitrogen and oxygen atoms in total. The lowest BCUT2D eigenvalue weighted by Gasteiger charge is -2.28. The number of benzene rings is 2. The summed E-state index contributed by atoms with van der Waals surface area (Å²) in [6.07, 6.45) is -2.72. The maximum Gasteiger partial charge on any atom is 0.397 e. The average Bonchev–Trinajstić information content (AvgIpc) is 3.26. The Morgan fingerprint density at radius 2 is 1.55 bits per heavy atom. The molecule has 0 aliphatic heterocycles. The molecule has 2 aromatic carbocycles. The van der Waals surface area contributed by atoms with Gasteiger partial charge in [-0.15, -0.1) is 0 Å². The van der Waals surface area contributed by atoms with Crippen molar-refractivity contribution in [1.29, 1.82) is 0 Å². The average molecular weight is 453 g/mol. The van der Waals surface area contributed by atoms with Crippen molar-refractivity contribution in [3.8, 4) is 22.8 Å². The lowest BCUT2D eigenvalue weighted by Crippen LogP contribution is -2.36. The standard InChI is InChI=1S/C25H22F3N3O2/c1-16-4-6-17(7-5-16)14-31-15-19(10-13-21(31)32)23-29-22(30-33-23)18-8-11-20(12-9-18)24(2,3)25(26,27)28/h4-13,15H,14H2,1-3H3. The molecule has 0 N–H and O–H groups in total. The molecule has 0 aliphatic carbocycles. The fraction of sp³-hybridized carbons (Fsp3) is 0.240. The lowest BCUT2D eigenvalue weighted by atomic mass is 9.83. The molecule has 0 amide bonds. The van der Waals surface area contributed by atoms with Gasteiger partial charge >= 0.3 is 6.18 Å². The summed E-state index contributed by atoms with van der Waals surface area (Å²) in [6.45, 7) is 4.67. The quantitative estimate of drug-likeness (QED) is 0.385. The van der Waals surface area contributed by atoms with Crippen LogP contribution in [-0.4, -0.2) is 20.9 Å². The van der Waals surface area contributed by atoms with Crippen LogP contribution in [0.4, 0.5) is 13.2 Å². The van der Waals surface area contributed by atoms with Crippen LogP contribution >= 0.6 is 0 Å². The van der Waals surface area contributed by atoms with Gasteiger partial charge in [-0.3, -0.25) is 4.79 Å². The molecule has 0 aliphatic rings. The molecule has 0 spiro atoms. The van der Waals surface area contributed by atoms with Gasteiger partial charge in [-0.25, -0.2) is 0 Å². The topological polar surface area (TPSA) is 60.9 Å². The predicted octanol–water partition coefficient (Wildman–Crippen LogP) is 5.76. The molecule has 0 radical (unpaired) electrons. The second kappa shape index (κ2) is 8.35. The molecule has 4 rings (SSSR count). The fourth-order valence-electron chi connectivity index (χ4n) is 3.33. The Balaban J connectivity index is 1.59. The molecule has 0 fully saturated rings. The van der Waals surface area contributed by atoms with E-state index in [-0.39, 0.29) is 22.8 Å². The number of alkyl halides is 3. The molecule has 4 aromatic rings. The van der Waals surface area contributed by atoms with Crippen LogP contribution in [0.25, 0.3) is 22.8 Å². The molecule has 2 heterocycles. The van der Waals surface area contributed by atoms with Crippen molar-refractivity contribution in [2.45, 2.75) is 38.9 Å². The van der Waals surface area contributed by atoms with E-state index in [1.54, 1.807) is 16.8 Å². The van der Waals surface area contributed by atoms with Crippen LogP contribution < -0.4 is 5.56 Å². The number of hydrogen-bond donors (Lipinski definition) is 0. The zero-order valence-electron chi connectivity index (χ0n) is 18.3. The molecular weight excluding hydrogens is 431 g/mol. The van der Waals surface area contributed by atoms with Gasteiger partial charge in [-0.1, -0.05) is 59.3 Å². The third kappa shape index (κ3) is 4.60. The first-order valence-corrected chi connectivity index (χ1v) is 10.3. The zero-order chi connectivity index (χ0) is 23.8. The van der Waals surface area contributed by atoms with Crippen LogP contribution in [0.1, 0.15) is 30.5 Å². The zero-order valence-corrected chi connectivity index (χ0v) is 18.3. The lowest BCUT2D eigenvalue weighted by molar-refractivity contribution is -0.180. The second-order valence-corrected chi connectivity index (χ2v) is 8.49. The molecule has 0 saturated carbocycles. The first-order chi connectivity index (χ1) is 15.5. The van der Waals surface area contributed by atoms with Crippen LogP contribution in [0, 0.1) is 6.92 Å². The normalized spacial score (nSPS) is 12.2. The van der Waals surface area contributed by atoms with Gasteiger partial charge in [0, 0.05) is 17.8 Å². The number of aromatic nitrogens is 3. The number of rotatable bonds is 5. The van der Waals surface area contributed by atoms with E-state index in [0.717, 1.165) is 25.0 Å². The Kier molecular flexibility index (Phi) is 5.69. The van der Waals surface area contributed by atoms with Crippen molar-refractivity contribution >= 4 is 0 Å². The molecule has 2 aromatic heterocycles. The second-order valence-electron chi connectivity index (χ2n) is 8.49. The van der Waals surface area contributed by atoms with E-state index in [1.807, 2.05) is 31.2 Å². The highest BCUT2D eigenvalue weighted by Gasteiger charge is 2.48. The summed E-state index contributed by atoms with van der Waals surface area (Å²) in [5, 5.41) is 3.95. The summed E-state index contributed by atoms with van der Waals surface area (Å²) in [7, 11) is 0. The van der Waals surface area contributed by atoms with Crippen molar-refractivity contribution in [3.63, 3.8) is 0 Å². The number of hydrogen-bond acceptors (Lipinski definition) is 4. The van der Waals surface area contributed by atoms with Crippen LogP contribution in [0.2, 0.25) is 0 Å². The Morgan fingerprint density at radius 1 is 0.909 bits per heavy atom. The number of aryl methyl sites for hydroxylation is 1. The van der Waals surface area contributed by atoms with Crippen molar-refractivity contribution in [2.24, 2.45) is 0 Å². The highest BCUT2D eigenvalue weighted by atomic mass is 19.4.